The summed E-state index contributed by atoms with van der Waals surface area (Å²) < 4.78 is 5.28. The normalized spacial score (nSPS) is 19.5. The first kappa shape index (κ1) is 12.4. The van der Waals surface area contributed by atoms with E-state index in [1.807, 2.05) is 13.8 Å². The molecule has 1 atom stereocenters. The van der Waals surface area contributed by atoms with Crippen LogP contribution in [0.2, 0.25) is 0 Å². The Balaban J connectivity index is 2.11. The number of aromatic nitrogens is 1. The van der Waals surface area contributed by atoms with E-state index in [1.54, 1.807) is 0 Å². The zero-order valence-electron chi connectivity index (χ0n) is 12.0. The number of benzene rings is 1. The smallest absolute Gasteiger partial charge is 0.141 e. The maximum Gasteiger partial charge on any atom is 0.141 e. The monoisotopic (exact) mass is 256 g/mol. The van der Waals surface area contributed by atoms with E-state index in [9.17, 15) is 0 Å². The van der Waals surface area contributed by atoms with E-state index in [0.717, 1.165) is 30.0 Å². The lowest BCUT2D eigenvalue weighted by Crippen LogP contribution is -2.30. The van der Waals surface area contributed by atoms with Gasteiger partial charge in [-0.25, -0.2) is 0 Å². The summed E-state index contributed by atoms with van der Waals surface area (Å²) in [6.07, 6.45) is 1.14. The van der Waals surface area contributed by atoms with Crippen molar-refractivity contribution in [1.29, 1.82) is 0 Å². The molecule has 1 aromatic heterocycles. The van der Waals surface area contributed by atoms with E-state index in [2.05, 4.69) is 42.2 Å². The van der Waals surface area contributed by atoms with Gasteiger partial charge in [0.25, 0.3) is 0 Å². The fourth-order valence-corrected chi connectivity index (χ4v) is 2.99. The molecular weight excluding hydrogens is 236 g/mol. The highest BCUT2D eigenvalue weighted by Gasteiger charge is 2.22. The van der Waals surface area contributed by atoms with Crippen molar-refractivity contribution in [2.24, 2.45) is 0 Å². The van der Waals surface area contributed by atoms with Gasteiger partial charge in [0.2, 0.25) is 0 Å². The standard InChI is InChI=1S/C16H20N2O/c1-10-16(12(3)19-17-10)14-6-5-13-7-8-18(4)11(2)15(13)9-14/h5-6,9,11H,7-8H2,1-4H3. The lowest BCUT2D eigenvalue weighted by atomic mass is 9.90. The second-order valence-corrected chi connectivity index (χ2v) is 5.52. The van der Waals surface area contributed by atoms with Gasteiger partial charge < -0.3 is 4.52 Å². The van der Waals surface area contributed by atoms with Gasteiger partial charge in [-0.2, -0.15) is 0 Å². The molecule has 0 bridgehead atoms. The Hall–Kier alpha value is -1.61. The number of hydrogen-bond donors (Lipinski definition) is 0. The molecule has 1 unspecified atom stereocenters. The zero-order valence-corrected chi connectivity index (χ0v) is 12.0. The molecule has 3 nitrogen and oxygen atoms in total. The van der Waals surface area contributed by atoms with Gasteiger partial charge in [-0.1, -0.05) is 17.3 Å². The highest BCUT2D eigenvalue weighted by molar-refractivity contribution is 5.69. The van der Waals surface area contributed by atoms with Crippen LogP contribution in [0, 0.1) is 13.8 Å². The molecule has 1 aliphatic heterocycles. The topological polar surface area (TPSA) is 29.3 Å². The number of rotatable bonds is 1. The second kappa shape index (κ2) is 4.49. The van der Waals surface area contributed by atoms with Crippen molar-refractivity contribution >= 4 is 0 Å². The van der Waals surface area contributed by atoms with Gasteiger partial charge in [0, 0.05) is 18.2 Å². The Labute approximate surface area is 114 Å². The van der Waals surface area contributed by atoms with Gasteiger partial charge in [-0.15, -0.1) is 0 Å². The zero-order chi connectivity index (χ0) is 13.6. The average Bonchev–Trinajstić information content (AvgIpc) is 2.73. The predicted molar refractivity (Wildman–Crippen MR) is 76.2 cm³/mol. The van der Waals surface area contributed by atoms with Crippen molar-refractivity contribution in [3.63, 3.8) is 0 Å². The molecule has 0 saturated heterocycles. The molecule has 0 amide bonds. The van der Waals surface area contributed by atoms with E-state index >= 15 is 0 Å². The quantitative estimate of drug-likeness (QED) is 0.782. The Kier molecular flexibility index (Phi) is 2.94. The molecule has 100 valence electrons. The Morgan fingerprint density at radius 1 is 1.32 bits per heavy atom. The molecule has 0 aliphatic carbocycles. The summed E-state index contributed by atoms with van der Waals surface area (Å²) in [6.45, 7) is 7.39. The van der Waals surface area contributed by atoms with Gasteiger partial charge >= 0.3 is 0 Å². The van der Waals surface area contributed by atoms with E-state index < -0.39 is 0 Å². The van der Waals surface area contributed by atoms with Crippen LogP contribution in [0.3, 0.4) is 0 Å². The SMILES string of the molecule is Cc1noc(C)c1-c1ccc2c(c1)C(C)N(C)CC2. The molecule has 1 aliphatic rings. The first-order chi connectivity index (χ1) is 9.08. The van der Waals surface area contributed by atoms with E-state index in [-0.39, 0.29) is 0 Å². The lowest BCUT2D eigenvalue weighted by Gasteiger charge is -2.32. The predicted octanol–water partition coefficient (Wildman–Crippen LogP) is 3.51. The van der Waals surface area contributed by atoms with Crippen molar-refractivity contribution in [3.05, 3.63) is 40.8 Å². The summed E-state index contributed by atoms with van der Waals surface area (Å²) in [6, 6.07) is 7.25. The fraction of sp³-hybridized carbons (Fsp3) is 0.438. The molecule has 19 heavy (non-hydrogen) atoms. The molecule has 0 radical (unpaired) electrons. The van der Waals surface area contributed by atoms with Crippen LogP contribution in [0.5, 0.6) is 0 Å². The first-order valence-electron chi connectivity index (χ1n) is 6.84. The first-order valence-corrected chi connectivity index (χ1v) is 6.84. The summed E-state index contributed by atoms with van der Waals surface area (Å²) >= 11 is 0. The number of aryl methyl sites for hydroxylation is 2. The number of fused-ring (bicyclic) bond motifs is 1. The van der Waals surface area contributed by atoms with Crippen molar-refractivity contribution in [1.82, 2.24) is 10.1 Å². The summed E-state index contributed by atoms with van der Waals surface area (Å²) in [5.41, 5.74) is 6.24. The maximum absolute atomic E-state index is 5.28. The highest BCUT2D eigenvalue weighted by Crippen LogP contribution is 2.34. The lowest BCUT2D eigenvalue weighted by molar-refractivity contribution is 0.247. The summed E-state index contributed by atoms with van der Waals surface area (Å²) in [5, 5.41) is 4.05. The third-order valence-corrected chi connectivity index (χ3v) is 4.31. The summed E-state index contributed by atoms with van der Waals surface area (Å²) in [7, 11) is 2.19. The van der Waals surface area contributed by atoms with Crippen molar-refractivity contribution < 1.29 is 4.52 Å². The van der Waals surface area contributed by atoms with Crippen LogP contribution in [0.1, 0.15) is 35.5 Å². The summed E-state index contributed by atoms with van der Waals surface area (Å²) in [5.74, 6) is 0.897. The maximum atomic E-state index is 5.28. The molecule has 0 N–H and O–H groups in total. The van der Waals surface area contributed by atoms with Crippen molar-refractivity contribution in [3.8, 4) is 11.1 Å². The number of likely N-dealkylation sites (N-methyl/N-ethyl adjacent to an activating group) is 1. The van der Waals surface area contributed by atoms with Gasteiger partial charge in [0.05, 0.1) is 5.69 Å². The van der Waals surface area contributed by atoms with Crippen molar-refractivity contribution in [2.75, 3.05) is 13.6 Å². The van der Waals surface area contributed by atoms with Gasteiger partial charge in [-0.05, 0) is 57.0 Å². The van der Waals surface area contributed by atoms with E-state index in [0.29, 0.717) is 6.04 Å². The third-order valence-electron chi connectivity index (χ3n) is 4.31. The Bertz CT molecular complexity index is 596. The van der Waals surface area contributed by atoms with Crippen molar-refractivity contribution in [2.45, 2.75) is 33.2 Å². The molecular formula is C16H20N2O. The van der Waals surface area contributed by atoms with E-state index in [4.69, 9.17) is 4.52 Å². The van der Waals surface area contributed by atoms with E-state index in [1.165, 1.54) is 16.7 Å². The molecule has 0 saturated carbocycles. The Morgan fingerprint density at radius 2 is 2.11 bits per heavy atom. The molecule has 3 rings (SSSR count). The molecule has 2 heterocycles. The fourth-order valence-electron chi connectivity index (χ4n) is 2.99. The summed E-state index contributed by atoms with van der Waals surface area (Å²) in [4.78, 5) is 2.40. The minimum absolute atomic E-state index is 0.476. The van der Waals surface area contributed by atoms with Crippen LogP contribution < -0.4 is 0 Å². The number of nitrogens with zero attached hydrogens (tertiary/aromatic N) is 2. The molecule has 2 aromatic rings. The molecule has 3 heteroatoms. The van der Waals surface area contributed by atoms with Crippen LogP contribution in [-0.2, 0) is 6.42 Å². The molecule has 0 fully saturated rings. The number of hydrogen-bond acceptors (Lipinski definition) is 3. The molecule has 0 spiro atoms. The average molecular weight is 256 g/mol. The van der Waals surface area contributed by atoms with Crippen LogP contribution in [-0.4, -0.2) is 23.6 Å². The van der Waals surface area contributed by atoms with Gasteiger partial charge in [0.15, 0.2) is 0 Å². The highest BCUT2D eigenvalue weighted by atomic mass is 16.5. The largest absolute Gasteiger partial charge is 0.361 e. The van der Waals surface area contributed by atoms with Gasteiger partial charge in [0.1, 0.15) is 5.76 Å². The van der Waals surface area contributed by atoms with Crippen LogP contribution in [0.25, 0.3) is 11.1 Å². The minimum Gasteiger partial charge on any atom is -0.361 e. The van der Waals surface area contributed by atoms with Crippen LogP contribution in [0.4, 0.5) is 0 Å². The van der Waals surface area contributed by atoms with Crippen LogP contribution in [0.15, 0.2) is 22.7 Å². The molecule has 1 aromatic carbocycles. The second-order valence-electron chi connectivity index (χ2n) is 5.52. The Morgan fingerprint density at radius 3 is 2.79 bits per heavy atom. The minimum atomic E-state index is 0.476. The third kappa shape index (κ3) is 1.98. The van der Waals surface area contributed by atoms with Crippen LogP contribution >= 0.6 is 0 Å². The van der Waals surface area contributed by atoms with Gasteiger partial charge in [-0.3, -0.25) is 4.90 Å².